The SMILES string of the molecule is CCCCCCN1CC(C)N(c2c(C#N)cnc3ccc(-c4cnc(OC)c(NS(C)(=O)=O)c4)cc23)C(C)C1. The molecule has 0 spiro atoms. The van der Waals surface area contributed by atoms with E-state index in [2.05, 4.69) is 51.3 Å². The first kappa shape index (κ1) is 28.6. The fraction of sp³-hybridized carbons (Fsp3) is 0.483. The van der Waals surface area contributed by atoms with Crippen LogP contribution < -0.4 is 14.4 Å². The number of nitrogens with one attached hydrogen (secondary N) is 1. The maximum absolute atomic E-state index is 11.9. The first-order valence-corrected chi connectivity index (χ1v) is 15.4. The van der Waals surface area contributed by atoms with E-state index in [1.165, 1.54) is 32.8 Å². The summed E-state index contributed by atoms with van der Waals surface area (Å²) in [5.41, 5.74) is 4.05. The Bertz CT molecular complexity index is 1460. The highest BCUT2D eigenvalue weighted by atomic mass is 32.2. The first-order valence-electron chi connectivity index (χ1n) is 13.5. The van der Waals surface area contributed by atoms with Gasteiger partial charge in [-0.1, -0.05) is 32.3 Å². The summed E-state index contributed by atoms with van der Waals surface area (Å²) in [5.74, 6) is 0.189. The molecule has 10 heteroatoms. The molecule has 1 fully saturated rings. The standard InChI is InChI=1S/C29H38N6O3S/c1-6-7-8-9-12-34-18-20(2)35(21(3)19-34)28-24(15-30)17-31-26-11-10-22(13-25(26)28)23-14-27(33-39(5,36)37)29(38-4)32-16-23/h10-11,13-14,16-17,20-21,33H,6-9,12,18-19H2,1-5H3. The first-order chi connectivity index (χ1) is 18.6. The molecule has 1 saturated heterocycles. The molecule has 2 atom stereocenters. The highest BCUT2D eigenvalue weighted by Crippen LogP contribution is 2.37. The lowest BCUT2D eigenvalue weighted by Crippen LogP contribution is -2.57. The average molecular weight is 551 g/mol. The van der Waals surface area contributed by atoms with E-state index < -0.39 is 10.0 Å². The van der Waals surface area contributed by atoms with Crippen LogP contribution in [-0.4, -0.2) is 68.4 Å². The number of pyridine rings is 2. The summed E-state index contributed by atoms with van der Waals surface area (Å²) in [6.45, 7) is 9.66. The zero-order chi connectivity index (χ0) is 28.2. The smallest absolute Gasteiger partial charge is 0.238 e. The zero-order valence-corrected chi connectivity index (χ0v) is 24.3. The molecule has 2 unspecified atom stereocenters. The van der Waals surface area contributed by atoms with Gasteiger partial charge >= 0.3 is 0 Å². The molecule has 0 amide bonds. The number of methoxy groups -OCH3 is 1. The largest absolute Gasteiger partial charge is 0.480 e. The van der Waals surface area contributed by atoms with E-state index in [9.17, 15) is 13.7 Å². The number of fused-ring (bicyclic) bond motifs is 1. The summed E-state index contributed by atoms with van der Waals surface area (Å²) in [6.07, 6.45) is 9.38. The van der Waals surface area contributed by atoms with Crippen molar-refractivity contribution in [1.82, 2.24) is 14.9 Å². The van der Waals surface area contributed by atoms with E-state index in [0.717, 1.165) is 53.6 Å². The average Bonchev–Trinajstić information content (AvgIpc) is 2.89. The van der Waals surface area contributed by atoms with E-state index in [4.69, 9.17) is 4.74 Å². The lowest BCUT2D eigenvalue weighted by atomic mass is 9.98. The van der Waals surface area contributed by atoms with Gasteiger partial charge < -0.3 is 9.64 Å². The number of ether oxygens (including phenoxy) is 1. The molecular formula is C29H38N6O3S. The summed E-state index contributed by atoms with van der Waals surface area (Å²) in [5, 5.41) is 11.0. The van der Waals surface area contributed by atoms with Crippen LogP contribution in [0.2, 0.25) is 0 Å². The fourth-order valence-corrected chi connectivity index (χ4v) is 6.13. The van der Waals surface area contributed by atoms with Crippen LogP contribution in [0.25, 0.3) is 22.0 Å². The lowest BCUT2D eigenvalue weighted by Gasteiger charge is -2.46. The van der Waals surface area contributed by atoms with Gasteiger partial charge in [0.15, 0.2) is 0 Å². The van der Waals surface area contributed by atoms with Gasteiger partial charge in [0.05, 0.1) is 30.1 Å². The minimum absolute atomic E-state index is 0.189. The van der Waals surface area contributed by atoms with Gasteiger partial charge in [-0.25, -0.2) is 13.4 Å². The number of hydrogen-bond donors (Lipinski definition) is 1. The van der Waals surface area contributed by atoms with E-state index in [-0.39, 0.29) is 23.7 Å². The second kappa shape index (κ2) is 12.2. The monoisotopic (exact) mass is 550 g/mol. The van der Waals surface area contributed by atoms with Crippen molar-refractivity contribution in [2.45, 2.75) is 58.5 Å². The molecule has 39 heavy (non-hydrogen) atoms. The van der Waals surface area contributed by atoms with Crippen molar-refractivity contribution in [1.29, 1.82) is 5.26 Å². The van der Waals surface area contributed by atoms with E-state index in [1.54, 1.807) is 18.5 Å². The summed E-state index contributed by atoms with van der Waals surface area (Å²) in [4.78, 5) is 13.8. The number of hydrogen-bond acceptors (Lipinski definition) is 8. The number of rotatable bonds is 10. The maximum atomic E-state index is 11.9. The number of anilines is 2. The van der Waals surface area contributed by atoms with Gasteiger partial charge in [-0.3, -0.25) is 14.6 Å². The van der Waals surface area contributed by atoms with Crippen LogP contribution in [0.4, 0.5) is 11.4 Å². The van der Waals surface area contributed by atoms with Crippen LogP contribution in [0.1, 0.15) is 52.0 Å². The molecule has 208 valence electrons. The van der Waals surface area contributed by atoms with Crippen LogP contribution >= 0.6 is 0 Å². The molecule has 4 rings (SSSR count). The molecule has 3 aromatic rings. The summed E-state index contributed by atoms with van der Waals surface area (Å²) in [6, 6.07) is 10.4. The third-order valence-electron chi connectivity index (χ3n) is 7.21. The predicted octanol–water partition coefficient (Wildman–Crippen LogP) is 5.03. The molecule has 0 saturated carbocycles. The third kappa shape index (κ3) is 6.60. The molecule has 1 aliphatic rings. The quantitative estimate of drug-likeness (QED) is 0.350. The molecule has 2 aromatic heterocycles. The van der Waals surface area contributed by atoms with Crippen LogP contribution in [0.5, 0.6) is 5.88 Å². The molecule has 1 aromatic carbocycles. The van der Waals surface area contributed by atoms with Gasteiger partial charge in [-0.2, -0.15) is 5.26 Å². The number of unbranched alkanes of at least 4 members (excludes halogenated alkanes) is 3. The van der Waals surface area contributed by atoms with Gasteiger partial charge in [0.2, 0.25) is 15.9 Å². The Kier molecular flexibility index (Phi) is 8.93. The molecule has 3 heterocycles. The Labute approximate surface area is 231 Å². The molecule has 1 N–H and O–H groups in total. The third-order valence-corrected chi connectivity index (χ3v) is 7.80. The van der Waals surface area contributed by atoms with Crippen molar-refractivity contribution in [2.24, 2.45) is 0 Å². The van der Waals surface area contributed by atoms with Gasteiger partial charge in [-0.15, -0.1) is 0 Å². The van der Waals surface area contributed by atoms with Crippen molar-refractivity contribution in [3.63, 3.8) is 0 Å². The Morgan fingerprint density at radius 1 is 1.08 bits per heavy atom. The summed E-state index contributed by atoms with van der Waals surface area (Å²) in [7, 11) is -2.08. The van der Waals surface area contributed by atoms with Crippen LogP contribution in [0.3, 0.4) is 0 Å². The Balaban J connectivity index is 1.73. The van der Waals surface area contributed by atoms with Crippen molar-refractivity contribution in [3.05, 3.63) is 42.2 Å². The van der Waals surface area contributed by atoms with Crippen molar-refractivity contribution < 1.29 is 13.2 Å². The second-order valence-corrected chi connectivity index (χ2v) is 12.2. The van der Waals surface area contributed by atoms with Gasteiger partial charge in [0, 0.05) is 48.5 Å². The fourth-order valence-electron chi connectivity index (χ4n) is 5.58. The number of benzene rings is 1. The molecule has 0 aliphatic carbocycles. The minimum atomic E-state index is -3.53. The number of nitrogens with zero attached hydrogens (tertiary/aromatic N) is 5. The number of nitriles is 1. The van der Waals surface area contributed by atoms with Crippen molar-refractivity contribution >= 4 is 32.3 Å². The van der Waals surface area contributed by atoms with Crippen molar-refractivity contribution in [3.8, 4) is 23.1 Å². The van der Waals surface area contributed by atoms with Gasteiger partial charge in [0.1, 0.15) is 11.8 Å². The van der Waals surface area contributed by atoms with Crippen LogP contribution in [-0.2, 0) is 10.0 Å². The van der Waals surface area contributed by atoms with Crippen molar-refractivity contribution in [2.75, 3.05) is 42.6 Å². The van der Waals surface area contributed by atoms with Crippen LogP contribution in [0, 0.1) is 11.3 Å². The maximum Gasteiger partial charge on any atom is 0.238 e. The molecular weight excluding hydrogens is 512 g/mol. The highest BCUT2D eigenvalue weighted by molar-refractivity contribution is 7.92. The van der Waals surface area contributed by atoms with E-state index in [0.29, 0.717) is 5.56 Å². The predicted molar refractivity (Wildman–Crippen MR) is 157 cm³/mol. The number of aromatic nitrogens is 2. The number of sulfonamides is 1. The van der Waals surface area contributed by atoms with E-state index >= 15 is 0 Å². The Morgan fingerprint density at radius 2 is 1.82 bits per heavy atom. The van der Waals surface area contributed by atoms with E-state index in [1.807, 2.05) is 18.2 Å². The molecule has 0 bridgehead atoms. The topological polar surface area (TPSA) is 111 Å². The normalized spacial score (nSPS) is 18.2. The van der Waals surface area contributed by atoms with Gasteiger partial charge in [0.25, 0.3) is 0 Å². The Hall–Kier alpha value is -3.42. The number of piperazine rings is 1. The second-order valence-electron chi connectivity index (χ2n) is 10.4. The van der Waals surface area contributed by atoms with Gasteiger partial charge in [-0.05, 0) is 50.6 Å². The highest BCUT2D eigenvalue weighted by Gasteiger charge is 2.32. The zero-order valence-electron chi connectivity index (χ0n) is 23.4. The summed E-state index contributed by atoms with van der Waals surface area (Å²) >= 11 is 0. The minimum Gasteiger partial charge on any atom is -0.480 e. The van der Waals surface area contributed by atoms with Crippen LogP contribution in [0.15, 0.2) is 36.7 Å². The molecule has 1 aliphatic heterocycles. The molecule has 9 nitrogen and oxygen atoms in total. The summed E-state index contributed by atoms with van der Waals surface area (Å²) < 4.78 is 31.6. The Morgan fingerprint density at radius 3 is 2.46 bits per heavy atom. The lowest BCUT2D eigenvalue weighted by molar-refractivity contribution is 0.196. The molecule has 0 radical (unpaired) electrons.